The van der Waals surface area contributed by atoms with E-state index in [4.69, 9.17) is 9.73 Å². The molecule has 2 aromatic carbocycles. The van der Waals surface area contributed by atoms with Crippen LogP contribution >= 0.6 is 15.9 Å². The lowest BCUT2D eigenvalue weighted by molar-refractivity contribution is 0.0420. The molecule has 29 heavy (non-hydrogen) atoms. The molecule has 0 radical (unpaired) electrons. The van der Waals surface area contributed by atoms with E-state index in [0.29, 0.717) is 4.83 Å². The monoisotopic (exact) mass is 447 g/mol. The summed E-state index contributed by atoms with van der Waals surface area (Å²) in [6.07, 6.45) is 10.3. The average Bonchev–Trinajstić information content (AvgIpc) is 2.94. The summed E-state index contributed by atoms with van der Waals surface area (Å²) in [6, 6.07) is 14.9. The molecule has 3 heterocycles. The Morgan fingerprint density at radius 1 is 1.17 bits per heavy atom. The summed E-state index contributed by atoms with van der Waals surface area (Å²) in [5, 5.41) is 2.16. The Morgan fingerprint density at radius 2 is 2.07 bits per heavy atom. The molecule has 0 amide bonds. The maximum atomic E-state index is 6.96. The minimum atomic E-state index is -0.614. The van der Waals surface area contributed by atoms with Crippen LogP contribution in [0.15, 0.2) is 59.9 Å². The summed E-state index contributed by atoms with van der Waals surface area (Å²) in [6.45, 7) is 0. The molecule has 3 unspecified atom stereocenters. The summed E-state index contributed by atoms with van der Waals surface area (Å²) in [5.74, 6) is 0.849. The minimum absolute atomic E-state index is 0.126. The van der Waals surface area contributed by atoms with Crippen molar-refractivity contribution in [2.24, 2.45) is 4.99 Å². The fourth-order valence-corrected chi connectivity index (χ4v) is 6.59. The van der Waals surface area contributed by atoms with Crippen LogP contribution in [0.2, 0.25) is 0 Å². The van der Waals surface area contributed by atoms with Crippen LogP contribution in [-0.2, 0) is 5.41 Å². The Labute approximate surface area is 178 Å². The molecule has 0 N–H and O–H groups in total. The van der Waals surface area contributed by atoms with Gasteiger partial charge in [-0.2, -0.15) is 0 Å². The van der Waals surface area contributed by atoms with Crippen molar-refractivity contribution in [2.45, 2.75) is 41.7 Å². The van der Waals surface area contributed by atoms with Gasteiger partial charge in [0.25, 0.3) is 0 Å². The number of rotatable bonds is 0. The Bertz CT molecular complexity index is 1160. The van der Waals surface area contributed by atoms with Crippen molar-refractivity contribution in [1.82, 2.24) is 4.98 Å². The van der Waals surface area contributed by atoms with E-state index in [-0.39, 0.29) is 5.41 Å². The predicted molar refractivity (Wildman–Crippen MR) is 121 cm³/mol. The first-order valence-electron chi connectivity index (χ1n) is 10.2. The number of nitrogens with zero attached hydrogens (tertiary/aromatic N) is 3. The Kier molecular flexibility index (Phi) is 3.64. The molecule has 1 aliphatic carbocycles. The van der Waals surface area contributed by atoms with Crippen LogP contribution in [0.1, 0.15) is 31.2 Å². The van der Waals surface area contributed by atoms with Crippen molar-refractivity contribution >= 4 is 44.3 Å². The average molecular weight is 448 g/mol. The van der Waals surface area contributed by atoms with Crippen LogP contribution in [0.25, 0.3) is 10.8 Å². The number of hydrogen-bond acceptors (Lipinski definition) is 4. The van der Waals surface area contributed by atoms with Crippen LogP contribution in [0, 0.1) is 0 Å². The highest BCUT2D eigenvalue weighted by Gasteiger charge is 2.64. The Balaban J connectivity index is 1.58. The van der Waals surface area contributed by atoms with Crippen molar-refractivity contribution in [3.05, 3.63) is 60.4 Å². The first-order valence-corrected chi connectivity index (χ1v) is 11.1. The zero-order valence-corrected chi connectivity index (χ0v) is 17.9. The number of para-hydroxylation sites is 1. The number of pyridine rings is 1. The van der Waals surface area contributed by atoms with Crippen molar-refractivity contribution in [2.75, 3.05) is 11.9 Å². The zero-order valence-electron chi connectivity index (χ0n) is 16.3. The number of aromatic nitrogens is 1. The van der Waals surface area contributed by atoms with Gasteiger partial charge in [0.05, 0.1) is 11.6 Å². The topological polar surface area (TPSA) is 37.7 Å². The third-order valence-electron chi connectivity index (χ3n) is 7.04. The first kappa shape index (κ1) is 17.5. The summed E-state index contributed by atoms with van der Waals surface area (Å²) >= 11 is 3.93. The van der Waals surface area contributed by atoms with Crippen molar-refractivity contribution in [1.29, 1.82) is 0 Å². The molecule has 3 aromatic rings. The largest absolute Gasteiger partial charge is 0.459 e. The molecule has 0 bridgehead atoms. The number of alkyl halides is 1. The summed E-state index contributed by atoms with van der Waals surface area (Å²) in [4.78, 5) is 12.1. The van der Waals surface area contributed by atoms with Crippen LogP contribution in [-0.4, -0.2) is 28.8 Å². The van der Waals surface area contributed by atoms with E-state index in [1.807, 2.05) is 18.5 Å². The quantitative estimate of drug-likeness (QED) is 0.411. The van der Waals surface area contributed by atoms with E-state index in [2.05, 4.69) is 75.5 Å². The highest BCUT2D eigenvalue weighted by Crippen LogP contribution is 2.60. The third kappa shape index (κ3) is 2.19. The standard InChI is InChI=1S/C24H22BrN3O/c1-28-20-7-3-2-6-19(20)23(11-4-5-17(25)13-23)24(28)15-27-22-18-10-12-26-14-16(18)8-9-21(22)29-24/h2-3,6-10,12,14-15,17H,4-5,11,13H2,1H3. The van der Waals surface area contributed by atoms with Crippen molar-refractivity contribution in [3.8, 4) is 5.75 Å². The number of likely N-dealkylation sites (N-methyl/N-ethyl adjacent to an activating group) is 1. The number of ether oxygens (including phenoxy) is 1. The molecule has 2 aliphatic heterocycles. The molecule has 3 atom stereocenters. The van der Waals surface area contributed by atoms with E-state index >= 15 is 0 Å². The normalized spacial score (nSPS) is 29.9. The van der Waals surface area contributed by atoms with Gasteiger partial charge in [0.2, 0.25) is 5.72 Å². The molecular weight excluding hydrogens is 426 g/mol. The van der Waals surface area contributed by atoms with Gasteiger partial charge in [0.1, 0.15) is 11.4 Å². The highest BCUT2D eigenvalue weighted by atomic mass is 79.9. The molecule has 1 aromatic heterocycles. The summed E-state index contributed by atoms with van der Waals surface area (Å²) in [7, 11) is 2.15. The van der Waals surface area contributed by atoms with Crippen LogP contribution in [0.4, 0.5) is 11.4 Å². The molecule has 146 valence electrons. The molecule has 0 saturated heterocycles. The summed E-state index contributed by atoms with van der Waals surface area (Å²) < 4.78 is 6.96. The van der Waals surface area contributed by atoms with Gasteiger partial charge >= 0.3 is 0 Å². The molecular formula is C24H22BrN3O. The van der Waals surface area contributed by atoms with E-state index in [9.17, 15) is 0 Å². The van der Waals surface area contributed by atoms with Gasteiger partial charge in [-0.05, 0) is 49.1 Å². The lowest BCUT2D eigenvalue weighted by atomic mass is 9.64. The van der Waals surface area contributed by atoms with Crippen molar-refractivity contribution in [3.63, 3.8) is 0 Å². The molecule has 1 fully saturated rings. The van der Waals surface area contributed by atoms with Gasteiger partial charge in [-0.15, -0.1) is 0 Å². The number of halogens is 1. The molecule has 6 rings (SSSR count). The number of benzene rings is 2. The third-order valence-corrected chi connectivity index (χ3v) is 7.83. The number of fused-ring (bicyclic) bond motifs is 6. The Hall–Kier alpha value is -2.40. The van der Waals surface area contributed by atoms with Gasteiger partial charge in [-0.3, -0.25) is 9.98 Å². The maximum absolute atomic E-state index is 6.96. The molecule has 4 nitrogen and oxygen atoms in total. The van der Waals surface area contributed by atoms with E-state index < -0.39 is 5.72 Å². The fourth-order valence-electron chi connectivity index (χ4n) is 5.71. The SMILES string of the molecule is CN1c2ccccc2C2(CCCC(Br)C2)C12C=Nc1c(ccc3cnccc13)O2. The second-order valence-corrected chi connectivity index (χ2v) is 9.71. The van der Waals surface area contributed by atoms with E-state index in [0.717, 1.165) is 35.1 Å². The van der Waals surface area contributed by atoms with Crippen LogP contribution in [0.3, 0.4) is 0 Å². The lowest BCUT2D eigenvalue weighted by Gasteiger charge is -2.50. The van der Waals surface area contributed by atoms with Gasteiger partial charge in [-0.25, -0.2) is 0 Å². The maximum Gasteiger partial charge on any atom is 0.229 e. The number of aliphatic imine (C=N–C) groups is 1. The molecule has 3 aliphatic rings. The second-order valence-electron chi connectivity index (χ2n) is 8.42. The first-order chi connectivity index (χ1) is 14.1. The smallest absolute Gasteiger partial charge is 0.229 e. The molecule has 1 saturated carbocycles. The van der Waals surface area contributed by atoms with Crippen LogP contribution < -0.4 is 9.64 Å². The second kappa shape index (κ2) is 6.05. The highest BCUT2D eigenvalue weighted by molar-refractivity contribution is 9.09. The summed E-state index contributed by atoms with van der Waals surface area (Å²) in [5.41, 5.74) is 2.79. The van der Waals surface area contributed by atoms with Gasteiger partial charge in [-0.1, -0.05) is 40.5 Å². The van der Waals surface area contributed by atoms with Crippen LogP contribution in [0.5, 0.6) is 5.75 Å². The predicted octanol–water partition coefficient (Wildman–Crippen LogP) is 5.75. The van der Waals surface area contributed by atoms with Gasteiger partial charge < -0.3 is 9.64 Å². The molecule has 2 spiro atoms. The van der Waals surface area contributed by atoms with Gasteiger partial charge in [0.15, 0.2) is 0 Å². The van der Waals surface area contributed by atoms with Gasteiger partial charge in [0, 0.05) is 40.7 Å². The fraction of sp³-hybridized carbons (Fsp3) is 0.333. The zero-order chi connectivity index (χ0) is 19.6. The van der Waals surface area contributed by atoms with E-state index in [1.54, 1.807) is 0 Å². The van der Waals surface area contributed by atoms with Crippen molar-refractivity contribution < 1.29 is 4.74 Å². The number of hydrogen-bond donors (Lipinski definition) is 0. The van der Waals surface area contributed by atoms with E-state index in [1.165, 1.54) is 24.1 Å². The Morgan fingerprint density at radius 3 is 2.97 bits per heavy atom. The number of anilines is 1. The lowest BCUT2D eigenvalue weighted by Crippen LogP contribution is -2.64. The minimum Gasteiger partial charge on any atom is -0.459 e. The molecule has 5 heteroatoms.